The van der Waals surface area contributed by atoms with Crippen LogP contribution >= 0.6 is 0 Å². The first-order chi connectivity index (χ1) is 22.1. The lowest BCUT2D eigenvalue weighted by Crippen LogP contribution is -2.48. The molecule has 2 fully saturated rings. The van der Waals surface area contributed by atoms with Crippen LogP contribution in [-0.2, 0) is 33.2 Å². The number of hydrogen-bond acceptors (Lipinski definition) is 7. The Kier molecular flexibility index (Phi) is 9.23. The van der Waals surface area contributed by atoms with E-state index in [1.807, 2.05) is 31.2 Å². The van der Waals surface area contributed by atoms with E-state index in [9.17, 15) is 18.0 Å². The number of aromatic nitrogens is 5. The fraction of sp³-hybridized carbons (Fsp3) is 0.485. The van der Waals surface area contributed by atoms with Crippen molar-refractivity contribution >= 4 is 38.6 Å². The Hall–Kier alpha value is -4.10. The Labute approximate surface area is 269 Å². The van der Waals surface area contributed by atoms with E-state index in [1.165, 1.54) is 26.0 Å². The number of para-hydroxylation sites is 1. The highest BCUT2D eigenvalue weighted by molar-refractivity contribution is 7.89. The quantitative estimate of drug-likeness (QED) is 0.289. The van der Waals surface area contributed by atoms with Crippen molar-refractivity contribution in [2.24, 2.45) is 13.0 Å². The minimum absolute atomic E-state index is 0.0105. The van der Waals surface area contributed by atoms with Crippen LogP contribution in [0.2, 0.25) is 0 Å². The van der Waals surface area contributed by atoms with Gasteiger partial charge in [0.2, 0.25) is 21.8 Å². The molecule has 12 nitrogen and oxygen atoms in total. The van der Waals surface area contributed by atoms with Gasteiger partial charge in [-0.3, -0.25) is 19.2 Å². The number of nitrogens with zero attached hydrogens (tertiary/aromatic N) is 7. The number of piperidine rings is 1. The highest BCUT2D eigenvalue weighted by Gasteiger charge is 2.37. The summed E-state index contributed by atoms with van der Waals surface area (Å²) in [7, 11) is -1.94. The molecular weight excluding hydrogens is 604 g/mol. The molecule has 1 aliphatic carbocycles. The molecule has 46 heavy (non-hydrogen) atoms. The van der Waals surface area contributed by atoms with Crippen molar-refractivity contribution in [3.8, 4) is 0 Å². The zero-order valence-corrected chi connectivity index (χ0v) is 27.5. The van der Waals surface area contributed by atoms with Crippen LogP contribution in [0, 0.1) is 12.8 Å². The number of benzene rings is 2. The van der Waals surface area contributed by atoms with E-state index in [2.05, 4.69) is 27.7 Å². The van der Waals surface area contributed by atoms with E-state index in [1.54, 1.807) is 30.1 Å². The van der Waals surface area contributed by atoms with Gasteiger partial charge in [0.05, 0.1) is 16.1 Å². The summed E-state index contributed by atoms with van der Waals surface area (Å²) in [5.41, 5.74) is 2.94. The number of rotatable bonds is 9. The minimum Gasteiger partial charge on any atom is -0.351 e. The molecule has 2 aromatic carbocycles. The van der Waals surface area contributed by atoms with E-state index in [0.29, 0.717) is 41.1 Å². The maximum Gasteiger partial charge on any atom is 0.249 e. The first-order valence-electron chi connectivity index (χ1n) is 16.1. The summed E-state index contributed by atoms with van der Waals surface area (Å²) in [5.74, 6) is -0.420. The predicted molar refractivity (Wildman–Crippen MR) is 174 cm³/mol. The molecule has 13 heteroatoms. The van der Waals surface area contributed by atoms with E-state index < -0.39 is 22.0 Å². The van der Waals surface area contributed by atoms with Crippen LogP contribution in [0.4, 0.5) is 5.69 Å². The SMILES string of the molecule is Cc1nn(C)cc1[C@@H](C(=O)NC1CCCCC1)N(C(=O)Cn1nnc2ccccc21)c1ccc(S(=O)(=O)N2CCC[C@H](C)C2)cc1. The van der Waals surface area contributed by atoms with Gasteiger partial charge in [-0.05, 0) is 74.9 Å². The van der Waals surface area contributed by atoms with Crippen LogP contribution in [0.25, 0.3) is 11.0 Å². The first kappa shape index (κ1) is 31.9. The lowest BCUT2D eigenvalue weighted by molar-refractivity contribution is -0.127. The van der Waals surface area contributed by atoms with E-state index in [0.717, 1.165) is 44.9 Å². The summed E-state index contributed by atoms with van der Waals surface area (Å²) < 4.78 is 31.8. The van der Waals surface area contributed by atoms with Gasteiger partial charge in [0.15, 0.2) is 0 Å². The number of carbonyl (C=O) groups is 2. The van der Waals surface area contributed by atoms with Crippen LogP contribution < -0.4 is 10.2 Å². The average molecular weight is 647 g/mol. The average Bonchev–Trinajstić information content (AvgIpc) is 3.61. The number of anilines is 1. The standard InChI is InChI=1S/C33H42N8O4S/c1-23-10-9-19-39(20-23)46(44,45)27-17-15-26(16-18-27)41(31(42)22-40-30-14-8-7-13-29(30)35-37-40)32(28-21-38(3)36-24(28)2)33(43)34-25-11-5-4-6-12-25/h7-8,13-18,21,23,25,32H,4-6,9-12,19-20,22H2,1-3H3,(H,34,43)/t23-,32-/m0/s1. The Morgan fingerprint density at radius 2 is 1.76 bits per heavy atom. The highest BCUT2D eigenvalue weighted by Crippen LogP contribution is 2.33. The molecule has 1 saturated heterocycles. The van der Waals surface area contributed by atoms with E-state index in [4.69, 9.17) is 0 Å². The second-order valence-corrected chi connectivity index (χ2v) is 14.6. The maximum atomic E-state index is 14.5. The van der Waals surface area contributed by atoms with Crippen LogP contribution in [0.3, 0.4) is 0 Å². The molecule has 2 aromatic heterocycles. The monoisotopic (exact) mass is 646 g/mol. The fourth-order valence-electron chi connectivity index (χ4n) is 6.78. The number of nitrogens with one attached hydrogen (secondary N) is 1. The normalized spacial score (nSPS) is 18.8. The van der Waals surface area contributed by atoms with Crippen LogP contribution in [0.1, 0.15) is 69.2 Å². The number of aryl methyl sites for hydroxylation is 2. The van der Waals surface area contributed by atoms with Gasteiger partial charge in [0.25, 0.3) is 0 Å². The number of fused-ring (bicyclic) bond motifs is 1. The Bertz CT molecular complexity index is 1810. The predicted octanol–water partition coefficient (Wildman–Crippen LogP) is 4.12. The van der Waals surface area contributed by atoms with Gasteiger partial charge in [-0.15, -0.1) is 5.10 Å². The Morgan fingerprint density at radius 1 is 1.02 bits per heavy atom. The molecular formula is C33H42N8O4S. The third-order valence-corrected chi connectivity index (χ3v) is 11.0. The first-order valence-corrected chi connectivity index (χ1v) is 17.6. The van der Waals surface area contributed by atoms with Crippen molar-refractivity contribution in [3.63, 3.8) is 0 Å². The molecule has 0 radical (unpaired) electrons. The molecule has 4 aromatic rings. The summed E-state index contributed by atoms with van der Waals surface area (Å²) in [6.07, 6.45) is 8.56. The van der Waals surface area contributed by atoms with Gasteiger partial charge in [-0.2, -0.15) is 9.40 Å². The Morgan fingerprint density at radius 3 is 2.46 bits per heavy atom. The fourth-order valence-corrected chi connectivity index (χ4v) is 8.38. The van der Waals surface area contributed by atoms with Crippen molar-refractivity contribution < 1.29 is 18.0 Å². The topological polar surface area (TPSA) is 135 Å². The third kappa shape index (κ3) is 6.57. The molecule has 244 valence electrons. The van der Waals surface area contributed by atoms with Gasteiger partial charge >= 0.3 is 0 Å². The maximum absolute atomic E-state index is 14.5. The lowest BCUT2D eigenvalue weighted by atomic mass is 9.94. The summed E-state index contributed by atoms with van der Waals surface area (Å²) in [6.45, 7) is 4.65. The summed E-state index contributed by atoms with van der Waals surface area (Å²) in [4.78, 5) is 30.4. The van der Waals surface area contributed by atoms with E-state index in [-0.39, 0.29) is 29.3 Å². The second kappa shape index (κ2) is 13.3. The smallest absolute Gasteiger partial charge is 0.249 e. The van der Waals surface area contributed by atoms with Crippen LogP contribution in [-0.4, -0.2) is 68.4 Å². The summed E-state index contributed by atoms with van der Waals surface area (Å²) in [5, 5.41) is 16.2. The molecule has 1 N–H and O–H groups in total. The molecule has 1 aliphatic heterocycles. The van der Waals surface area contributed by atoms with Crippen LogP contribution in [0.5, 0.6) is 0 Å². The van der Waals surface area contributed by atoms with Crippen molar-refractivity contribution in [3.05, 3.63) is 66.0 Å². The summed E-state index contributed by atoms with van der Waals surface area (Å²) in [6, 6.07) is 12.6. The van der Waals surface area contributed by atoms with Gasteiger partial charge in [0.1, 0.15) is 18.1 Å². The zero-order valence-electron chi connectivity index (χ0n) is 26.7. The largest absolute Gasteiger partial charge is 0.351 e. The highest BCUT2D eigenvalue weighted by atomic mass is 32.2. The Balaban J connectivity index is 1.40. The molecule has 2 amide bonds. The zero-order chi connectivity index (χ0) is 32.4. The number of amides is 2. The number of carbonyl (C=O) groups excluding carboxylic acids is 2. The minimum atomic E-state index is -3.72. The molecule has 6 rings (SSSR count). The molecule has 1 saturated carbocycles. The lowest BCUT2D eigenvalue weighted by Gasteiger charge is -2.33. The van der Waals surface area contributed by atoms with Gasteiger partial charge < -0.3 is 5.32 Å². The van der Waals surface area contributed by atoms with Crippen molar-refractivity contribution in [2.75, 3.05) is 18.0 Å². The third-order valence-electron chi connectivity index (χ3n) is 9.15. The molecule has 2 aliphatic rings. The molecule has 0 unspecified atom stereocenters. The van der Waals surface area contributed by atoms with Gasteiger partial charge in [-0.1, -0.05) is 43.5 Å². The summed E-state index contributed by atoms with van der Waals surface area (Å²) >= 11 is 0. The molecule has 3 heterocycles. The molecule has 0 bridgehead atoms. The van der Waals surface area contributed by atoms with Gasteiger partial charge in [0, 0.05) is 43.6 Å². The van der Waals surface area contributed by atoms with Crippen molar-refractivity contribution in [1.29, 1.82) is 0 Å². The molecule has 2 atom stereocenters. The van der Waals surface area contributed by atoms with Crippen molar-refractivity contribution in [1.82, 2.24) is 34.4 Å². The number of sulfonamides is 1. The molecule has 0 spiro atoms. The van der Waals surface area contributed by atoms with Gasteiger partial charge in [-0.25, -0.2) is 13.1 Å². The number of hydrogen-bond donors (Lipinski definition) is 1. The van der Waals surface area contributed by atoms with Crippen molar-refractivity contribution in [2.45, 2.75) is 82.3 Å². The second-order valence-electron chi connectivity index (χ2n) is 12.7. The van der Waals surface area contributed by atoms with E-state index >= 15 is 0 Å². The van der Waals surface area contributed by atoms with Crippen LogP contribution in [0.15, 0.2) is 59.6 Å².